The molecule has 0 fully saturated rings. The van der Waals surface area contributed by atoms with Gasteiger partial charge in [-0.1, -0.05) is 42.5 Å². The van der Waals surface area contributed by atoms with Crippen molar-refractivity contribution < 1.29 is 4.74 Å². The summed E-state index contributed by atoms with van der Waals surface area (Å²) in [7, 11) is 2.13. The van der Waals surface area contributed by atoms with E-state index in [1.165, 1.54) is 16.7 Å². The number of aryl methyl sites for hydroxylation is 2. The molecule has 0 aliphatic rings. The topological polar surface area (TPSA) is 12.5 Å². The SMILES string of the molecule is Cc1ccccc1CN(C)CCOc1ccccc1C. The molecule has 2 aromatic carbocycles. The molecule has 0 amide bonds. The van der Waals surface area contributed by atoms with Crippen LogP contribution in [0.15, 0.2) is 48.5 Å². The molecule has 2 nitrogen and oxygen atoms in total. The summed E-state index contributed by atoms with van der Waals surface area (Å²) >= 11 is 0. The van der Waals surface area contributed by atoms with E-state index in [2.05, 4.69) is 56.1 Å². The number of nitrogens with zero attached hydrogens (tertiary/aromatic N) is 1. The normalized spacial score (nSPS) is 10.8. The maximum Gasteiger partial charge on any atom is 0.122 e. The molecule has 2 aromatic rings. The highest BCUT2D eigenvalue weighted by Crippen LogP contribution is 2.16. The fraction of sp³-hybridized carbons (Fsp3) is 0.333. The zero-order chi connectivity index (χ0) is 14.4. The van der Waals surface area contributed by atoms with Crippen molar-refractivity contribution in [1.82, 2.24) is 4.90 Å². The van der Waals surface area contributed by atoms with Crippen LogP contribution in [-0.4, -0.2) is 25.1 Å². The van der Waals surface area contributed by atoms with Crippen molar-refractivity contribution in [2.24, 2.45) is 0 Å². The van der Waals surface area contributed by atoms with Crippen LogP contribution in [0.2, 0.25) is 0 Å². The first-order chi connectivity index (χ1) is 9.66. The van der Waals surface area contributed by atoms with Gasteiger partial charge in [0, 0.05) is 13.1 Å². The van der Waals surface area contributed by atoms with E-state index >= 15 is 0 Å². The van der Waals surface area contributed by atoms with Gasteiger partial charge in [-0.2, -0.15) is 0 Å². The Bertz CT molecular complexity index is 551. The molecular weight excluding hydrogens is 246 g/mol. The lowest BCUT2D eigenvalue weighted by Crippen LogP contribution is -2.24. The number of rotatable bonds is 6. The highest BCUT2D eigenvalue weighted by molar-refractivity contribution is 5.31. The Kier molecular flexibility index (Phi) is 5.19. The molecule has 0 saturated heterocycles. The monoisotopic (exact) mass is 269 g/mol. The number of para-hydroxylation sites is 1. The summed E-state index contributed by atoms with van der Waals surface area (Å²) in [6.07, 6.45) is 0. The van der Waals surface area contributed by atoms with Crippen molar-refractivity contribution in [3.05, 3.63) is 65.2 Å². The lowest BCUT2D eigenvalue weighted by atomic mass is 10.1. The summed E-state index contributed by atoms with van der Waals surface area (Å²) in [6, 6.07) is 16.7. The average Bonchev–Trinajstić information content (AvgIpc) is 2.43. The summed E-state index contributed by atoms with van der Waals surface area (Å²) in [5, 5.41) is 0. The third-order valence-electron chi connectivity index (χ3n) is 3.53. The molecule has 0 radical (unpaired) electrons. The summed E-state index contributed by atoms with van der Waals surface area (Å²) in [5.74, 6) is 0.983. The Morgan fingerprint density at radius 3 is 2.25 bits per heavy atom. The average molecular weight is 269 g/mol. The van der Waals surface area contributed by atoms with Crippen LogP contribution in [0.3, 0.4) is 0 Å². The summed E-state index contributed by atoms with van der Waals surface area (Å²) in [5.41, 5.74) is 3.92. The van der Waals surface area contributed by atoms with E-state index in [1.807, 2.05) is 18.2 Å². The summed E-state index contributed by atoms with van der Waals surface area (Å²) in [4.78, 5) is 2.29. The van der Waals surface area contributed by atoms with E-state index in [9.17, 15) is 0 Å². The highest BCUT2D eigenvalue weighted by Gasteiger charge is 2.03. The van der Waals surface area contributed by atoms with Crippen LogP contribution in [0.4, 0.5) is 0 Å². The van der Waals surface area contributed by atoms with Gasteiger partial charge in [0.1, 0.15) is 12.4 Å². The van der Waals surface area contributed by atoms with E-state index in [1.54, 1.807) is 0 Å². The van der Waals surface area contributed by atoms with Gasteiger partial charge >= 0.3 is 0 Å². The Hall–Kier alpha value is -1.80. The number of hydrogen-bond acceptors (Lipinski definition) is 2. The van der Waals surface area contributed by atoms with Crippen LogP contribution >= 0.6 is 0 Å². The molecule has 0 unspecified atom stereocenters. The lowest BCUT2D eigenvalue weighted by Gasteiger charge is -2.18. The smallest absolute Gasteiger partial charge is 0.122 e. The van der Waals surface area contributed by atoms with Crippen LogP contribution in [0.25, 0.3) is 0 Å². The molecule has 0 N–H and O–H groups in total. The molecular formula is C18H23NO. The molecule has 0 aliphatic carbocycles. The van der Waals surface area contributed by atoms with Crippen LogP contribution in [0.1, 0.15) is 16.7 Å². The fourth-order valence-electron chi connectivity index (χ4n) is 2.19. The molecule has 0 saturated carbocycles. The molecule has 0 bridgehead atoms. The summed E-state index contributed by atoms with van der Waals surface area (Å²) < 4.78 is 5.83. The number of likely N-dealkylation sites (N-methyl/N-ethyl adjacent to an activating group) is 1. The molecule has 0 aromatic heterocycles. The van der Waals surface area contributed by atoms with Gasteiger partial charge in [-0.25, -0.2) is 0 Å². The minimum absolute atomic E-state index is 0.716. The Morgan fingerprint density at radius 2 is 1.55 bits per heavy atom. The van der Waals surface area contributed by atoms with Gasteiger partial charge in [-0.3, -0.25) is 4.90 Å². The first kappa shape index (κ1) is 14.6. The predicted octanol–water partition coefficient (Wildman–Crippen LogP) is 3.81. The van der Waals surface area contributed by atoms with E-state index in [-0.39, 0.29) is 0 Å². The molecule has 2 heteroatoms. The van der Waals surface area contributed by atoms with Gasteiger partial charge in [0.2, 0.25) is 0 Å². The number of hydrogen-bond donors (Lipinski definition) is 0. The first-order valence-corrected chi connectivity index (χ1v) is 7.08. The first-order valence-electron chi connectivity index (χ1n) is 7.08. The minimum Gasteiger partial charge on any atom is -0.492 e. The van der Waals surface area contributed by atoms with Crippen molar-refractivity contribution in [2.45, 2.75) is 20.4 Å². The van der Waals surface area contributed by atoms with Crippen LogP contribution in [0.5, 0.6) is 5.75 Å². The van der Waals surface area contributed by atoms with Crippen LogP contribution in [0, 0.1) is 13.8 Å². The van der Waals surface area contributed by atoms with Crippen molar-refractivity contribution in [3.63, 3.8) is 0 Å². The Morgan fingerprint density at radius 1 is 0.900 bits per heavy atom. The van der Waals surface area contributed by atoms with Crippen molar-refractivity contribution in [2.75, 3.05) is 20.2 Å². The van der Waals surface area contributed by atoms with Crippen LogP contribution < -0.4 is 4.74 Å². The number of ether oxygens (including phenoxy) is 1. The standard InChI is InChI=1S/C18H23NO/c1-15-8-4-6-10-17(15)14-19(3)12-13-20-18-11-7-5-9-16(18)2/h4-11H,12-14H2,1-3H3. The lowest BCUT2D eigenvalue weighted by molar-refractivity contribution is 0.231. The molecule has 0 spiro atoms. The molecule has 0 atom stereocenters. The third kappa shape index (κ3) is 4.10. The molecule has 20 heavy (non-hydrogen) atoms. The maximum atomic E-state index is 5.83. The van der Waals surface area contributed by atoms with Gasteiger partial charge in [0.05, 0.1) is 0 Å². The summed E-state index contributed by atoms with van der Waals surface area (Å²) in [6.45, 7) is 6.83. The Balaban J connectivity index is 1.80. The maximum absolute atomic E-state index is 5.83. The van der Waals surface area contributed by atoms with Gasteiger partial charge in [0.15, 0.2) is 0 Å². The number of benzene rings is 2. The second-order valence-corrected chi connectivity index (χ2v) is 5.28. The zero-order valence-electron chi connectivity index (χ0n) is 12.6. The minimum atomic E-state index is 0.716. The Labute approximate surface area is 122 Å². The largest absolute Gasteiger partial charge is 0.492 e. The van der Waals surface area contributed by atoms with Crippen molar-refractivity contribution in [1.29, 1.82) is 0 Å². The highest BCUT2D eigenvalue weighted by atomic mass is 16.5. The van der Waals surface area contributed by atoms with E-state index in [0.717, 1.165) is 18.8 Å². The molecule has 0 heterocycles. The third-order valence-corrected chi connectivity index (χ3v) is 3.53. The van der Waals surface area contributed by atoms with Crippen molar-refractivity contribution in [3.8, 4) is 5.75 Å². The van der Waals surface area contributed by atoms with Gasteiger partial charge in [-0.15, -0.1) is 0 Å². The van der Waals surface area contributed by atoms with E-state index < -0.39 is 0 Å². The van der Waals surface area contributed by atoms with Gasteiger partial charge in [-0.05, 0) is 43.7 Å². The van der Waals surface area contributed by atoms with Crippen LogP contribution in [-0.2, 0) is 6.54 Å². The van der Waals surface area contributed by atoms with Crippen molar-refractivity contribution >= 4 is 0 Å². The fourth-order valence-corrected chi connectivity index (χ4v) is 2.19. The second kappa shape index (κ2) is 7.11. The second-order valence-electron chi connectivity index (χ2n) is 5.28. The molecule has 2 rings (SSSR count). The predicted molar refractivity (Wildman–Crippen MR) is 84.2 cm³/mol. The molecule has 0 aliphatic heterocycles. The quantitative estimate of drug-likeness (QED) is 0.790. The van der Waals surface area contributed by atoms with E-state index in [4.69, 9.17) is 4.74 Å². The zero-order valence-corrected chi connectivity index (χ0v) is 12.6. The van der Waals surface area contributed by atoms with Gasteiger partial charge in [0.25, 0.3) is 0 Å². The molecule has 106 valence electrons. The van der Waals surface area contributed by atoms with Gasteiger partial charge < -0.3 is 4.74 Å². The van der Waals surface area contributed by atoms with E-state index in [0.29, 0.717) is 6.61 Å².